The highest BCUT2D eigenvalue weighted by atomic mass is 32.1. The van der Waals surface area contributed by atoms with E-state index < -0.39 is 0 Å². The summed E-state index contributed by atoms with van der Waals surface area (Å²) in [5.41, 5.74) is 4.23. The van der Waals surface area contributed by atoms with Crippen molar-refractivity contribution in [2.24, 2.45) is 0 Å². The number of imidazole rings is 1. The Bertz CT molecular complexity index is 1250. The molecule has 4 aromatic rings. The van der Waals surface area contributed by atoms with Crippen LogP contribution >= 0.6 is 11.3 Å². The van der Waals surface area contributed by atoms with E-state index in [1.54, 1.807) is 21.9 Å². The number of carbonyl (C=O) groups is 1. The molecule has 1 saturated carbocycles. The molecule has 7 nitrogen and oxygen atoms in total. The van der Waals surface area contributed by atoms with Crippen molar-refractivity contribution >= 4 is 38.1 Å². The Labute approximate surface area is 184 Å². The van der Waals surface area contributed by atoms with Crippen LogP contribution in [0.5, 0.6) is 0 Å². The smallest absolute Gasteiger partial charge is 0.184 e. The fraction of sp³-hybridized carbons (Fsp3) is 0.391. The normalized spacial score (nSPS) is 19.2. The second kappa shape index (κ2) is 8.36. The SMILES string of the molecule is CCC(=O)c1ccc2ncc(Cc3ccc4nc(N[C@@H]5CCCC[C@H]5O)sc4c3)n2n1. The number of aliphatic hydroxyl groups excluding tert-OH is 1. The van der Waals surface area contributed by atoms with Gasteiger partial charge in [-0.15, -0.1) is 0 Å². The van der Waals surface area contributed by atoms with E-state index in [4.69, 9.17) is 4.98 Å². The highest BCUT2D eigenvalue weighted by Crippen LogP contribution is 2.30. The Hall–Kier alpha value is -2.84. The molecule has 2 atom stereocenters. The van der Waals surface area contributed by atoms with Crippen LogP contribution in [0.15, 0.2) is 36.5 Å². The zero-order valence-corrected chi connectivity index (χ0v) is 18.2. The van der Waals surface area contributed by atoms with Crippen molar-refractivity contribution in [3.05, 3.63) is 53.5 Å². The van der Waals surface area contributed by atoms with Crippen LogP contribution in [-0.4, -0.2) is 42.6 Å². The van der Waals surface area contributed by atoms with E-state index >= 15 is 0 Å². The lowest BCUT2D eigenvalue weighted by Crippen LogP contribution is -2.36. The lowest BCUT2D eigenvalue weighted by atomic mass is 9.93. The Morgan fingerprint density at radius 3 is 2.97 bits per heavy atom. The van der Waals surface area contributed by atoms with E-state index in [-0.39, 0.29) is 17.9 Å². The summed E-state index contributed by atoms with van der Waals surface area (Å²) in [6.07, 6.45) is 6.67. The number of anilines is 1. The summed E-state index contributed by atoms with van der Waals surface area (Å²) < 4.78 is 2.87. The van der Waals surface area contributed by atoms with Gasteiger partial charge in [0.1, 0.15) is 5.69 Å². The summed E-state index contributed by atoms with van der Waals surface area (Å²) >= 11 is 1.62. The van der Waals surface area contributed by atoms with E-state index in [1.807, 2.05) is 25.3 Å². The molecule has 3 aromatic heterocycles. The molecule has 0 unspecified atom stereocenters. The van der Waals surface area contributed by atoms with Gasteiger partial charge < -0.3 is 10.4 Å². The van der Waals surface area contributed by atoms with E-state index in [0.29, 0.717) is 18.5 Å². The van der Waals surface area contributed by atoms with Crippen LogP contribution < -0.4 is 5.32 Å². The molecule has 160 valence electrons. The summed E-state index contributed by atoms with van der Waals surface area (Å²) in [5.74, 6) is 0.0238. The van der Waals surface area contributed by atoms with Gasteiger partial charge in [0.05, 0.1) is 34.3 Å². The van der Waals surface area contributed by atoms with Gasteiger partial charge in [-0.2, -0.15) is 5.10 Å². The number of hydrogen-bond acceptors (Lipinski definition) is 7. The Morgan fingerprint density at radius 2 is 2.13 bits per heavy atom. The van der Waals surface area contributed by atoms with Crippen molar-refractivity contribution in [2.75, 3.05) is 5.32 Å². The molecular formula is C23H25N5O2S. The molecule has 0 saturated heterocycles. The van der Waals surface area contributed by atoms with Crippen LogP contribution in [-0.2, 0) is 6.42 Å². The monoisotopic (exact) mass is 435 g/mol. The minimum absolute atomic E-state index is 0.0238. The van der Waals surface area contributed by atoms with E-state index in [0.717, 1.165) is 57.9 Å². The van der Waals surface area contributed by atoms with Crippen molar-refractivity contribution < 1.29 is 9.90 Å². The number of ketones is 1. The fourth-order valence-corrected chi connectivity index (χ4v) is 5.15. The zero-order chi connectivity index (χ0) is 21.4. The molecule has 1 aliphatic rings. The molecule has 0 bridgehead atoms. The number of benzene rings is 1. The predicted molar refractivity (Wildman–Crippen MR) is 122 cm³/mol. The molecule has 0 radical (unpaired) electrons. The van der Waals surface area contributed by atoms with E-state index in [9.17, 15) is 9.90 Å². The second-order valence-electron chi connectivity index (χ2n) is 8.12. The van der Waals surface area contributed by atoms with Crippen LogP contribution in [0.2, 0.25) is 0 Å². The number of aliphatic hydroxyl groups is 1. The van der Waals surface area contributed by atoms with Crippen molar-refractivity contribution in [2.45, 2.75) is 57.6 Å². The topological polar surface area (TPSA) is 92.4 Å². The van der Waals surface area contributed by atoms with Crippen LogP contribution in [0.4, 0.5) is 5.13 Å². The van der Waals surface area contributed by atoms with Gasteiger partial charge in [0.2, 0.25) is 0 Å². The number of thiazole rings is 1. The average molecular weight is 436 g/mol. The first-order valence-electron chi connectivity index (χ1n) is 10.8. The minimum Gasteiger partial charge on any atom is -0.391 e. The summed E-state index contributed by atoms with van der Waals surface area (Å²) in [6, 6.07) is 9.91. The van der Waals surface area contributed by atoms with Gasteiger partial charge in [0.15, 0.2) is 16.6 Å². The first kappa shape index (κ1) is 20.1. The molecule has 0 aliphatic heterocycles. The third kappa shape index (κ3) is 4.05. The van der Waals surface area contributed by atoms with Crippen molar-refractivity contribution in [3.8, 4) is 0 Å². The number of Topliss-reactive ketones (excluding diaryl/α,β-unsaturated/α-hetero) is 1. The molecule has 8 heteroatoms. The number of aromatic nitrogens is 4. The van der Waals surface area contributed by atoms with Crippen LogP contribution in [0.1, 0.15) is 60.8 Å². The number of nitrogens with zero attached hydrogens (tertiary/aromatic N) is 4. The maximum Gasteiger partial charge on any atom is 0.184 e. The standard InChI is InChI=1S/C23H25N5O2S/c1-2-19(29)17-9-10-22-24-13-15(28(22)27-17)11-14-7-8-18-21(12-14)31-23(26-18)25-16-5-3-4-6-20(16)30/h7-10,12-13,16,20,30H,2-6,11H2,1H3,(H,25,26)/t16-,20-/m1/s1. The first-order valence-corrected chi connectivity index (χ1v) is 11.6. The maximum atomic E-state index is 12.0. The molecule has 0 spiro atoms. The van der Waals surface area contributed by atoms with Crippen molar-refractivity contribution in [1.82, 2.24) is 19.6 Å². The lowest BCUT2D eigenvalue weighted by molar-refractivity contribution is 0.0982. The van der Waals surface area contributed by atoms with Crippen LogP contribution in [0.3, 0.4) is 0 Å². The molecule has 1 aliphatic carbocycles. The quantitative estimate of drug-likeness (QED) is 0.440. The van der Waals surface area contributed by atoms with Gasteiger partial charge >= 0.3 is 0 Å². The first-order chi connectivity index (χ1) is 15.1. The second-order valence-corrected chi connectivity index (χ2v) is 9.15. The zero-order valence-electron chi connectivity index (χ0n) is 17.4. The number of fused-ring (bicyclic) bond motifs is 2. The molecule has 0 amide bonds. The van der Waals surface area contributed by atoms with Crippen LogP contribution in [0, 0.1) is 0 Å². The lowest BCUT2D eigenvalue weighted by Gasteiger charge is -2.27. The summed E-state index contributed by atoms with van der Waals surface area (Å²) in [6.45, 7) is 1.84. The van der Waals surface area contributed by atoms with Gasteiger partial charge in [-0.3, -0.25) is 4.79 Å². The third-order valence-corrected chi connectivity index (χ3v) is 6.87. The molecule has 5 rings (SSSR count). The van der Waals surface area contributed by atoms with Crippen LogP contribution in [0.25, 0.3) is 15.9 Å². The van der Waals surface area contributed by atoms with Gasteiger partial charge in [-0.1, -0.05) is 37.2 Å². The Balaban J connectivity index is 1.39. The molecule has 1 fully saturated rings. The third-order valence-electron chi connectivity index (χ3n) is 5.92. The summed E-state index contributed by atoms with van der Waals surface area (Å²) in [4.78, 5) is 21.2. The molecule has 3 heterocycles. The molecule has 31 heavy (non-hydrogen) atoms. The summed E-state index contributed by atoms with van der Waals surface area (Å²) in [5, 5.41) is 19.0. The van der Waals surface area contributed by atoms with Gasteiger partial charge in [0, 0.05) is 12.8 Å². The van der Waals surface area contributed by atoms with E-state index in [1.165, 1.54) is 0 Å². The fourth-order valence-electron chi connectivity index (χ4n) is 4.16. The summed E-state index contributed by atoms with van der Waals surface area (Å²) in [7, 11) is 0. The molecule has 2 N–H and O–H groups in total. The number of carbonyl (C=O) groups excluding carboxylic acids is 1. The van der Waals surface area contributed by atoms with Gasteiger partial charge in [0.25, 0.3) is 0 Å². The van der Waals surface area contributed by atoms with E-state index in [2.05, 4.69) is 27.5 Å². The number of hydrogen-bond donors (Lipinski definition) is 2. The minimum atomic E-state index is -0.302. The van der Waals surface area contributed by atoms with Gasteiger partial charge in [-0.25, -0.2) is 14.5 Å². The average Bonchev–Trinajstić information content (AvgIpc) is 3.37. The Morgan fingerprint density at radius 1 is 1.26 bits per heavy atom. The highest BCUT2D eigenvalue weighted by molar-refractivity contribution is 7.22. The van der Waals surface area contributed by atoms with Gasteiger partial charge in [-0.05, 0) is 42.7 Å². The molecule has 1 aromatic carbocycles. The largest absolute Gasteiger partial charge is 0.391 e. The maximum absolute atomic E-state index is 12.0. The number of nitrogens with one attached hydrogen (secondary N) is 1. The van der Waals surface area contributed by atoms with Crippen molar-refractivity contribution in [3.63, 3.8) is 0 Å². The molecular weight excluding hydrogens is 410 g/mol. The highest BCUT2D eigenvalue weighted by Gasteiger charge is 2.23. The Kier molecular flexibility index (Phi) is 5.41. The number of rotatable bonds is 6. The van der Waals surface area contributed by atoms with Crippen molar-refractivity contribution in [1.29, 1.82) is 0 Å². The predicted octanol–water partition coefficient (Wildman–Crippen LogP) is 4.24.